The summed E-state index contributed by atoms with van der Waals surface area (Å²) in [4.78, 5) is 16.3. The van der Waals surface area contributed by atoms with E-state index >= 15 is 0 Å². The molecule has 1 atom stereocenters. The Kier molecular flexibility index (Phi) is 3.69. The fourth-order valence-corrected chi connectivity index (χ4v) is 2.24. The highest BCUT2D eigenvalue weighted by atomic mass is 16.6. The average Bonchev–Trinajstić information content (AvgIpc) is 2.89. The monoisotopic (exact) mass is 281 g/mol. The van der Waals surface area contributed by atoms with E-state index in [1.165, 1.54) is 0 Å². The maximum Gasteiger partial charge on any atom is 0.338 e. The van der Waals surface area contributed by atoms with Crippen LogP contribution in [0.25, 0.3) is 0 Å². The Morgan fingerprint density at radius 1 is 1.14 bits per heavy atom. The molecule has 1 heterocycles. The van der Waals surface area contributed by atoms with Crippen LogP contribution in [0.1, 0.15) is 11.1 Å². The van der Waals surface area contributed by atoms with E-state index in [0.29, 0.717) is 18.1 Å². The first-order valence-corrected chi connectivity index (χ1v) is 6.74. The van der Waals surface area contributed by atoms with Crippen LogP contribution in [0.4, 0.5) is 0 Å². The number of carbonyl (C=O) groups is 1. The average molecular weight is 281 g/mol. The minimum absolute atomic E-state index is 0.309. The zero-order valence-electron chi connectivity index (χ0n) is 11.7. The highest BCUT2D eigenvalue weighted by Crippen LogP contribution is 2.20. The summed E-state index contributed by atoms with van der Waals surface area (Å²) in [5.41, 5.74) is 1.81. The van der Waals surface area contributed by atoms with Crippen LogP contribution in [-0.2, 0) is 16.0 Å². The lowest BCUT2D eigenvalue weighted by Gasteiger charge is -2.03. The number of cyclic esters (lactones) is 1. The number of nitrogens with zero attached hydrogens (tertiary/aromatic N) is 1. The molecule has 2 aromatic rings. The number of aliphatic imine (C=N–C) groups is 1. The Hall–Kier alpha value is -2.62. The van der Waals surface area contributed by atoms with E-state index in [9.17, 15) is 4.79 Å². The first kappa shape index (κ1) is 13.4. The summed E-state index contributed by atoms with van der Waals surface area (Å²) < 4.78 is 10.5. The predicted molar refractivity (Wildman–Crippen MR) is 79.6 cm³/mol. The molecule has 21 heavy (non-hydrogen) atoms. The molecule has 0 amide bonds. The van der Waals surface area contributed by atoms with Crippen LogP contribution < -0.4 is 4.74 Å². The molecule has 0 fully saturated rings. The summed E-state index contributed by atoms with van der Waals surface area (Å²) in [6.07, 6.45) is 0.549. The number of carbonyl (C=O) groups excluding carboxylic acids is 1. The van der Waals surface area contributed by atoms with Gasteiger partial charge in [-0.1, -0.05) is 36.4 Å². The SMILES string of the molecule is COc1cccc(C2=NC(Cc3ccccc3)C(=O)O2)c1. The zero-order valence-corrected chi connectivity index (χ0v) is 11.7. The smallest absolute Gasteiger partial charge is 0.338 e. The molecule has 1 unspecified atom stereocenters. The van der Waals surface area contributed by atoms with Gasteiger partial charge in [-0.25, -0.2) is 9.79 Å². The predicted octanol–water partition coefficient (Wildman–Crippen LogP) is 2.61. The molecule has 2 aromatic carbocycles. The largest absolute Gasteiger partial charge is 0.497 e. The highest BCUT2D eigenvalue weighted by Gasteiger charge is 2.29. The lowest BCUT2D eigenvalue weighted by Crippen LogP contribution is -2.17. The van der Waals surface area contributed by atoms with Crippen LogP contribution in [0.2, 0.25) is 0 Å². The van der Waals surface area contributed by atoms with Gasteiger partial charge >= 0.3 is 5.97 Å². The van der Waals surface area contributed by atoms with Crippen molar-refractivity contribution in [3.8, 4) is 5.75 Å². The molecule has 1 aliphatic heterocycles. The van der Waals surface area contributed by atoms with Crippen LogP contribution in [-0.4, -0.2) is 25.0 Å². The summed E-state index contributed by atoms with van der Waals surface area (Å²) >= 11 is 0. The number of esters is 1. The lowest BCUT2D eigenvalue weighted by molar-refractivity contribution is -0.134. The number of benzene rings is 2. The molecule has 4 nitrogen and oxygen atoms in total. The van der Waals surface area contributed by atoms with E-state index in [1.54, 1.807) is 13.2 Å². The molecule has 106 valence electrons. The van der Waals surface area contributed by atoms with Gasteiger partial charge in [-0.05, 0) is 23.8 Å². The molecule has 0 aromatic heterocycles. The Labute approximate surface area is 123 Å². The first-order chi connectivity index (χ1) is 10.3. The quantitative estimate of drug-likeness (QED) is 0.809. The zero-order chi connectivity index (χ0) is 14.7. The molecular weight excluding hydrogens is 266 g/mol. The minimum Gasteiger partial charge on any atom is -0.497 e. The summed E-state index contributed by atoms with van der Waals surface area (Å²) in [7, 11) is 1.60. The standard InChI is InChI=1S/C17H15NO3/c1-20-14-9-5-8-13(11-14)16-18-15(17(19)21-16)10-12-6-3-2-4-7-12/h2-9,11,15H,10H2,1H3. The van der Waals surface area contributed by atoms with Crippen LogP contribution >= 0.6 is 0 Å². The third-order valence-electron chi connectivity index (χ3n) is 3.33. The van der Waals surface area contributed by atoms with Gasteiger partial charge in [0.15, 0.2) is 6.04 Å². The van der Waals surface area contributed by atoms with Crippen LogP contribution in [0, 0.1) is 0 Å². The Morgan fingerprint density at radius 2 is 1.95 bits per heavy atom. The van der Waals surface area contributed by atoms with Crippen LogP contribution in [0.15, 0.2) is 59.6 Å². The fraction of sp³-hybridized carbons (Fsp3) is 0.176. The number of methoxy groups -OCH3 is 1. The molecule has 4 heteroatoms. The lowest BCUT2D eigenvalue weighted by atomic mass is 10.1. The second-order valence-electron chi connectivity index (χ2n) is 4.79. The van der Waals surface area contributed by atoms with Crippen molar-refractivity contribution in [3.05, 3.63) is 65.7 Å². The maximum atomic E-state index is 11.9. The van der Waals surface area contributed by atoms with Crippen LogP contribution in [0.3, 0.4) is 0 Å². The molecule has 0 aliphatic carbocycles. The van der Waals surface area contributed by atoms with E-state index in [2.05, 4.69) is 4.99 Å². The number of hydrogen-bond donors (Lipinski definition) is 0. The molecule has 1 aliphatic rings. The van der Waals surface area contributed by atoms with Crippen molar-refractivity contribution in [3.63, 3.8) is 0 Å². The van der Waals surface area contributed by atoms with Crippen LogP contribution in [0.5, 0.6) is 5.75 Å². The third kappa shape index (κ3) is 2.94. The molecular formula is C17H15NO3. The Balaban J connectivity index is 1.81. The summed E-state index contributed by atoms with van der Waals surface area (Å²) in [5.74, 6) is 0.759. The van der Waals surface area contributed by atoms with Gasteiger partial charge in [-0.3, -0.25) is 0 Å². The molecule has 0 spiro atoms. The molecule has 0 radical (unpaired) electrons. The van der Waals surface area contributed by atoms with Crippen molar-refractivity contribution in [1.82, 2.24) is 0 Å². The van der Waals surface area contributed by atoms with Gasteiger partial charge in [0, 0.05) is 12.0 Å². The third-order valence-corrected chi connectivity index (χ3v) is 3.33. The molecule has 0 saturated heterocycles. The van der Waals surface area contributed by atoms with E-state index in [0.717, 1.165) is 11.1 Å². The molecule has 0 bridgehead atoms. The van der Waals surface area contributed by atoms with Gasteiger partial charge in [-0.2, -0.15) is 0 Å². The highest BCUT2D eigenvalue weighted by molar-refractivity contribution is 6.06. The number of rotatable bonds is 4. The van der Waals surface area contributed by atoms with E-state index < -0.39 is 6.04 Å². The van der Waals surface area contributed by atoms with E-state index in [1.807, 2.05) is 48.5 Å². The summed E-state index contributed by atoms with van der Waals surface area (Å²) in [6, 6.07) is 16.6. The summed E-state index contributed by atoms with van der Waals surface area (Å²) in [5, 5.41) is 0. The van der Waals surface area contributed by atoms with E-state index in [-0.39, 0.29) is 5.97 Å². The number of hydrogen-bond acceptors (Lipinski definition) is 4. The van der Waals surface area contributed by atoms with Gasteiger partial charge in [0.1, 0.15) is 5.75 Å². The van der Waals surface area contributed by atoms with Crippen molar-refractivity contribution >= 4 is 11.9 Å². The van der Waals surface area contributed by atoms with Gasteiger partial charge < -0.3 is 9.47 Å². The second kappa shape index (κ2) is 5.79. The molecule has 0 N–H and O–H groups in total. The molecule has 3 rings (SSSR count). The van der Waals surface area contributed by atoms with Gasteiger partial charge in [0.2, 0.25) is 5.90 Å². The van der Waals surface area contributed by atoms with Gasteiger partial charge in [-0.15, -0.1) is 0 Å². The summed E-state index contributed by atoms with van der Waals surface area (Å²) in [6.45, 7) is 0. The van der Waals surface area contributed by atoms with Gasteiger partial charge in [0.05, 0.1) is 7.11 Å². The van der Waals surface area contributed by atoms with E-state index in [4.69, 9.17) is 9.47 Å². The van der Waals surface area contributed by atoms with Crippen molar-refractivity contribution in [2.45, 2.75) is 12.5 Å². The second-order valence-corrected chi connectivity index (χ2v) is 4.79. The van der Waals surface area contributed by atoms with Crippen molar-refractivity contribution < 1.29 is 14.3 Å². The maximum absolute atomic E-state index is 11.9. The normalized spacial score (nSPS) is 17.3. The Bertz CT molecular complexity index is 679. The van der Waals surface area contributed by atoms with Gasteiger partial charge in [0.25, 0.3) is 0 Å². The molecule has 0 saturated carbocycles. The van der Waals surface area contributed by atoms with Crippen molar-refractivity contribution in [1.29, 1.82) is 0 Å². The van der Waals surface area contributed by atoms with Crippen molar-refractivity contribution in [2.24, 2.45) is 4.99 Å². The first-order valence-electron chi connectivity index (χ1n) is 6.74. The number of ether oxygens (including phenoxy) is 2. The minimum atomic E-state index is -0.478. The fourth-order valence-electron chi connectivity index (χ4n) is 2.24. The Morgan fingerprint density at radius 3 is 2.71 bits per heavy atom. The topological polar surface area (TPSA) is 47.9 Å². The van der Waals surface area contributed by atoms with Crippen molar-refractivity contribution in [2.75, 3.05) is 7.11 Å².